The molecule has 0 bridgehead atoms. The highest BCUT2D eigenvalue weighted by molar-refractivity contribution is 5.36. The van der Waals surface area contributed by atoms with Crippen molar-refractivity contribution < 1.29 is 9.47 Å². The van der Waals surface area contributed by atoms with Crippen LogP contribution < -0.4 is 4.74 Å². The van der Waals surface area contributed by atoms with Gasteiger partial charge in [-0.15, -0.1) is 0 Å². The fraction of sp³-hybridized carbons (Fsp3) is 0.455. The molecular weight excluding hydrogens is 192 g/mol. The van der Waals surface area contributed by atoms with Crippen LogP contribution in [0.15, 0.2) is 18.3 Å². The molecule has 0 spiro atoms. The van der Waals surface area contributed by atoms with Crippen LogP contribution in [0.4, 0.5) is 0 Å². The highest BCUT2D eigenvalue weighted by Gasteiger charge is 2.02. The van der Waals surface area contributed by atoms with E-state index in [0.717, 1.165) is 13.0 Å². The monoisotopic (exact) mass is 206 g/mol. The molecule has 1 heterocycles. The standard InChI is InChI=1S/C11H14N2O2/c1-2-6-14-7-8-15-11-10(9-12)4-3-5-13-11/h3-5H,2,6-8H2,1H3. The quantitative estimate of drug-likeness (QED) is 0.665. The summed E-state index contributed by atoms with van der Waals surface area (Å²) < 4.78 is 10.6. The molecule has 15 heavy (non-hydrogen) atoms. The average Bonchev–Trinajstić information content (AvgIpc) is 2.29. The fourth-order valence-electron chi connectivity index (χ4n) is 1.03. The zero-order valence-corrected chi connectivity index (χ0v) is 8.77. The SMILES string of the molecule is CCCOCCOc1ncccc1C#N. The van der Waals surface area contributed by atoms with Crippen molar-refractivity contribution >= 4 is 0 Å². The molecule has 1 aromatic rings. The van der Waals surface area contributed by atoms with Gasteiger partial charge in [0.2, 0.25) is 5.88 Å². The molecule has 0 radical (unpaired) electrons. The third-order valence-corrected chi connectivity index (χ3v) is 1.71. The lowest BCUT2D eigenvalue weighted by Gasteiger charge is -2.06. The van der Waals surface area contributed by atoms with Gasteiger partial charge in [-0.1, -0.05) is 6.92 Å². The lowest BCUT2D eigenvalue weighted by atomic mass is 10.3. The van der Waals surface area contributed by atoms with Crippen molar-refractivity contribution in [3.8, 4) is 11.9 Å². The van der Waals surface area contributed by atoms with Crippen molar-refractivity contribution in [1.82, 2.24) is 4.98 Å². The first-order valence-electron chi connectivity index (χ1n) is 4.94. The Kier molecular flexibility index (Phi) is 5.20. The smallest absolute Gasteiger partial charge is 0.231 e. The summed E-state index contributed by atoms with van der Waals surface area (Å²) in [6, 6.07) is 5.40. The number of nitriles is 1. The fourth-order valence-corrected chi connectivity index (χ4v) is 1.03. The lowest BCUT2D eigenvalue weighted by Crippen LogP contribution is -2.08. The van der Waals surface area contributed by atoms with Crippen molar-refractivity contribution in [3.63, 3.8) is 0 Å². The normalized spacial score (nSPS) is 9.60. The summed E-state index contributed by atoms with van der Waals surface area (Å²) in [6.45, 7) is 3.73. The third kappa shape index (κ3) is 3.96. The minimum Gasteiger partial charge on any atom is -0.474 e. The van der Waals surface area contributed by atoms with E-state index in [-0.39, 0.29) is 0 Å². The second-order valence-electron chi connectivity index (χ2n) is 2.93. The minimum absolute atomic E-state index is 0.375. The highest BCUT2D eigenvalue weighted by Crippen LogP contribution is 2.11. The van der Waals surface area contributed by atoms with E-state index in [1.165, 1.54) is 0 Å². The Bertz CT molecular complexity index is 334. The Labute approximate surface area is 89.5 Å². The van der Waals surface area contributed by atoms with Crippen LogP contribution in [0.1, 0.15) is 18.9 Å². The molecular formula is C11H14N2O2. The summed E-state index contributed by atoms with van der Waals surface area (Å²) >= 11 is 0. The molecule has 0 aliphatic rings. The molecule has 1 aromatic heterocycles. The third-order valence-electron chi connectivity index (χ3n) is 1.71. The van der Waals surface area contributed by atoms with Crippen molar-refractivity contribution in [3.05, 3.63) is 23.9 Å². The van der Waals surface area contributed by atoms with Crippen molar-refractivity contribution in [2.24, 2.45) is 0 Å². The summed E-state index contributed by atoms with van der Waals surface area (Å²) in [5.41, 5.74) is 0.452. The van der Waals surface area contributed by atoms with E-state index in [1.54, 1.807) is 18.3 Å². The Hall–Kier alpha value is -1.60. The molecule has 0 atom stereocenters. The van der Waals surface area contributed by atoms with E-state index in [0.29, 0.717) is 24.7 Å². The largest absolute Gasteiger partial charge is 0.474 e. The van der Waals surface area contributed by atoms with Gasteiger partial charge in [-0.3, -0.25) is 0 Å². The van der Waals surface area contributed by atoms with E-state index in [9.17, 15) is 0 Å². The number of nitrogens with zero attached hydrogens (tertiary/aromatic N) is 2. The molecule has 0 saturated carbocycles. The molecule has 0 amide bonds. The van der Waals surface area contributed by atoms with Gasteiger partial charge < -0.3 is 9.47 Å². The summed E-state index contributed by atoms with van der Waals surface area (Å²) in [5, 5.41) is 8.76. The van der Waals surface area contributed by atoms with Crippen LogP contribution in [0.2, 0.25) is 0 Å². The molecule has 4 nitrogen and oxygen atoms in total. The summed E-state index contributed by atoms with van der Waals surface area (Å²) in [6.07, 6.45) is 2.59. The number of hydrogen-bond acceptors (Lipinski definition) is 4. The minimum atomic E-state index is 0.375. The van der Waals surface area contributed by atoms with E-state index in [1.807, 2.05) is 13.0 Å². The highest BCUT2D eigenvalue weighted by atomic mass is 16.5. The zero-order chi connectivity index (χ0) is 10.9. The van der Waals surface area contributed by atoms with Crippen LogP contribution in [0.3, 0.4) is 0 Å². The second-order valence-corrected chi connectivity index (χ2v) is 2.93. The lowest BCUT2D eigenvalue weighted by molar-refractivity contribution is 0.0989. The number of rotatable bonds is 6. The van der Waals surface area contributed by atoms with Gasteiger partial charge in [0.1, 0.15) is 18.2 Å². The maximum Gasteiger partial charge on any atom is 0.231 e. The van der Waals surface area contributed by atoms with Crippen LogP contribution in [-0.4, -0.2) is 24.8 Å². The average molecular weight is 206 g/mol. The number of ether oxygens (including phenoxy) is 2. The molecule has 0 N–H and O–H groups in total. The van der Waals surface area contributed by atoms with Crippen LogP contribution in [0.25, 0.3) is 0 Å². The Morgan fingerprint density at radius 3 is 3.00 bits per heavy atom. The summed E-state index contributed by atoms with van der Waals surface area (Å²) in [5.74, 6) is 0.375. The van der Waals surface area contributed by atoms with Crippen molar-refractivity contribution in [1.29, 1.82) is 5.26 Å². The number of pyridine rings is 1. The first-order chi connectivity index (χ1) is 7.38. The molecule has 0 aliphatic carbocycles. The van der Waals surface area contributed by atoms with Crippen molar-refractivity contribution in [2.45, 2.75) is 13.3 Å². The Morgan fingerprint density at radius 1 is 1.40 bits per heavy atom. The number of aromatic nitrogens is 1. The number of hydrogen-bond donors (Lipinski definition) is 0. The van der Waals surface area contributed by atoms with Gasteiger partial charge in [0, 0.05) is 12.8 Å². The molecule has 4 heteroatoms. The van der Waals surface area contributed by atoms with E-state index in [4.69, 9.17) is 14.7 Å². The van der Waals surface area contributed by atoms with Crippen LogP contribution >= 0.6 is 0 Å². The van der Waals surface area contributed by atoms with Gasteiger partial charge in [-0.05, 0) is 18.6 Å². The van der Waals surface area contributed by atoms with E-state index >= 15 is 0 Å². The molecule has 1 rings (SSSR count). The zero-order valence-electron chi connectivity index (χ0n) is 8.77. The van der Waals surface area contributed by atoms with Crippen LogP contribution in [-0.2, 0) is 4.74 Å². The first kappa shape index (κ1) is 11.5. The van der Waals surface area contributed by atoms with Gasteiger partial charge in [0.15, 0.2) is 0 Å². The van der Waals surface area contributed by atoms with Gasteiger partial charge in [0.05, 0.1) is 6.61 Å². The summed E-state index contributed by atoms with van der Waals surface area (Å²) in [4.78, 5) is 3.97. The van der Waals surface area contributed by atoms with E-state index in [2.05, 4.69) is 4.98 Å². The molecule has 0 saturated heterocycles. The van der Waals surface area contributed by atoms with Gasteiger partial charge in [-0.2, -0.15) is 5.26 Å². The first-order valence-corrected chi connectivity index (χ1v) is 4.94. The molecule has 0 aromatic carbocycles. The van der Waals surface area contributed by atoms with Crippen LogP contribution in [0.5, 0.6) is 5.88 Å². The van der Waals surface area contributed by atoms with Gasteiger partial charge in [0.25, 0.3) is 0 Å². The Balaban J connectivity index is 2.34. The van der Waals surface area contributed by atoms with Gasteiger partial charge >= 0.3 is 0 Å². The molecule has 0 fully saturated rings. The van der Waals surface area contributed by atoms with Crippen LogP contribution in [0, 0.1) is 11.3 Å². The maximum atomic E-state index is 8.76. The Morgan fingerprint density at radius 2 is 2.27 bits per heavy atom. The van der Waals surface area contributed by atoms with Gasteiger partial charge in [-0.25, -0.2) is 4.98 Å². The van der Waals surface area contributed by atoms with E-state index < -0.39 is 0 Å². The van der Waals surface area contributed by atoms with Crippen molar-refractivity contribution in [2.75, 3.05) is 19.8 Å². The molecule has 0 aliphatic heterocycles. The second kappa shape index (κ2) is 6.80. The summed E-state index contributed by atoms with van der Waals surface area (Å²) in [7, 11) is 0. The molecule has 0 unspecified atom stereocenters. The predicted molar refractivity (Wildman–Crippen MR) is 55.6 cm³/mol. The molecule has 80 valence electrons. The topological polar surface area (TPSA) is 55.1 Å². The predicted octanol–water partition coefficient (Wildman–Crippen LogP) is 1.76. The maximum absolute atomic E-state index is 8.76.